The fraction of sp³-hybridized carbons (Fsp3) is 0.900. The summed E-state index contributed by atoms with van der Waals surface area (Å²) in [5, 5.41) is 20.9. The molecule has 2 rings (SSSR count). The molecule has 2 fully saturated rings. The van der Waals surface area contributed by atoms with Gasteiger partial charge in [-0.3, -0.25) is 0 Å². The molecule has 2 aliphatic rings. The highest BCUT2D eigenvalue weighted by molar-refractivity contribution is 5.14. The van der Waals surface area contributed by atoms with Gasteiger partial charge in [-0.15, -0.1) is 6.58 Å². The van der Waals surface area contributed by atoms with Crippen molar-refractivity contribution in [1.82, 2.24) is 0 Å². The second-order valence-corrected chi connectivity index (χ2v) is 9.41. The van der Waals surface area contributed by atoms with Crippen molar-refractivity contribution in [3.8, 4) is 0 Å². The molecule has 0 bridgehead atoms. The van der Waals surface area contributed by atoms with Gasteiger partial charge in [0.25, 0.3) is 0 Å². The minimum atomic E-state index is -0.684. The van der Waals surface area contributed by atoms with E-state index in [4.69, 9.17) is 0 Å². The van der Waals surface area contributed by atoms with Gasteiger partial charge < -0.3 is 10.2 Å². The van der Waals surface area contributed by atoms with Crippen molar-refractivity contribution in [2.75, 3.05) is 6.61 Å². The molecule has 2 nitrogen and oxygen atoms in total. The van der Waals surface area contributed by atoms with E-state index >= 15 is 0 Å². The Bertz CT molecular complexity index is 425. The van der Waals surface area contributed by atoms with Gasteiger partial charge in [0.1, 0.15) is 0 Å². The van der Waals surface area contributed by atoms with Crippen LogP contribution in [-0.4, -0.2) is 22.4 Å². The maximum Gasteiger partial charge on any atom is 0.0661 e. The SMILES string of the molecule is C=C[C@@](C)(CCO)[C@@H]1[C@@]2(C)CCCC(C)(C)[C@@H]2CC[C@@]1(C)O. The fourth-order valence-corrected chi connectivity index (χ4v) is 6.59. The van der Waals surface area contributed by atoms with Crippen molar-refractivity contribution in [2.45, 2.75) is 78.7 Å². The zero-order chi connectivity index (χ0) is 16.8. The highest BCUT2D eigenvalue weighted by atomic mass is 16.3. The second kappa shape index (κ2) is 5.63. The van der Waals surface area contributed by atoms with Crippen LogP contribution in [0.1, 0.15) is 73.1 Å². The van der Waals surface area contributed by atoms with Gasteiger partial charge in [0.15, 0.2) is 0 Å². The number of aliphatic hydroxyl groups is 2. The van der Waals surface area contributed by atoms with Crippen molar-refractivity contribution in [1.29, 1.82) is 0 Å². The van der Waals surface area contributed by atoms with Gasteiger partial charge in [0.2, 0.25) is 0 Å². The van der Waals surface area contributed by atoms with Crippen molar-refractivity contribution >= 4 is 0 Å². The summed E-state index contributed by atoms with van der Waals surface area (Å²) in [7, 11) is 0. The summed E-state index contributed by atoms with van der Waals surface area (Å²) in [6, 6.07) is 0. The average Bonchev–Trinajstić information content (AvgIpc) is 2.36. The minimum Gasteiger partial charge on any atom is -0.396 e. The Hall–Kier alpha value is -0.340. The normalized spacial score (nSPS) is 44.0. The monoisotopic (exact) mass is 308 g/mol. The van der Waals surface area contributed by atoms with E-state index in [2.05, 4.69) is 34.3 Å². The molecular weight excluding hydrogens is 272 g/mol. The summed E-state index contributed by atoms with van der Waals surface area (Å²) in [5.41, 5.74) is -0.458. The molecular formula is C20H36O2. The molecule has 0 radical (unpaired) electrons. The Labute approximate surface area is 137 Å². The first-order chi connectivity index (χ1) is 10.0. The molecule has 2 aliphatic carbocycles. The number of hydrogen-bond acceptors (Lipinski definition) is 2. The molecule has 0 heterocycles. The minimum absolute atomic E-state index is 0.113. The third kappa shape index (κ3) is 2.67. The standard InChI is InChI=1S/C20H36O2/c1-7-18(4,13-14-21)16-19(5)11-8-10-17(2,3)15(19)9-12-20(16,6)22/h7,15-16,21-22H,1,8-14H2,2-6H3/t15-,16+,18-,19-,20+/m0/s1. The van der Waals surface area contributed by atoms with Gasteiger partial charge in [0.05, 0.1) is 5.60 Å². The lowest BCUT2D eigenvalue weighted by Gasteiger charge is -2.64. The van der Waals surface area contributed by atoms with Crippen molar-refractivity contribution in [3.63, 3.8) is 0 Å². The molecule has 2 N–H and O–H groups in total. The molecule has 0 aromatic carbocycles. The van der Waals surface area contributed by atoms with Crippen LogP contribution in [0.25, 0.3) is 0 Å². The topological polar surface area (TPSA) is 40.5 Å². The van der Waals surface area contributed by atoms with E-state index in [0.29, 0.717) is 17.8 Å². The summed E-state index contributed by atoms with van der Waals surface area (Å²) in [6.07, 6.45) is 8.34. The first kappa shape index (κ1) is 18.0. The number of aliphatic hydroxyl groups excluding tert-OH is 1. The lowest BCUT2D eigenvalue weighted by molar-refractivity contribution is -0.199. The molecule has 0 amide bonds. The molecule has 0 saturated heterocycles. The van der Waals surface area contributed by atoms with Gasteiger partial charge in [0, 0.05) is 12.5 Å². The van der Waals surface area contributed by atoms with Crippen LogP contribution < -0.4 is 0 Å². The van der Waals surface area contributed by atoms with Crippen LogP contribution in [0.3, 0.4) is 0 Å². The third-order valence-corrected chi connectivity index (χ3v) is 7.27. The van der Waals surface area contributed by atoms with Gasteiger partial charge in [-0.05, 0) is 61.2 Å². The highest BCUT2D eigenvalue weighted by Gasteiger charge is 2.61. The highest BCUT2D eigenvalue weighted by Crippen LogP contribution is 2.66. The Morgan fingerprint density at radius 2 is 1.82 bits per heavy atom. The molecule has 0 aliphatic heterocycles. The second-order valence-electron chi connectivity index (χ2n) is 9.41. The first-order valence-electron chi connectivity index (χ1n) is 9.00. The van der Waals surface area contributed by atoms with Crippen molar-refractivity contribution in [2.24, 2.45) is 28.1 Å². The third-order valence-electron chi connectivity index (χ3n) is 7.27. The summed E-state index contributed by atoms with van der Waals surface area (Å²) < 4.78 is 0. The van der Waals surface area contributed by atoms with Crippen LogP contribution in [-0.2, 0) is 0 Å². The molecule has 128 valence electrons. The molecule has 5 atom stereocenters. The maximum atomic E-state index is 11.3. The van der Waals surface area contributed by atoms with E-state index in [1.54, 1.807) is 0 Å². The summed E-state index contributed by atoms with van der Waals surface area (Å²) in [5.74, 6) is 0.785. The quantitative estimate of drug-likeness (QED) is 0.748. The molecule has 0 aromatic rings. The van der Waals surface area contributed by atoms with E-state index in [1.807, 2.05) is 13.0 Å². The molecule has 2 saturated carbocycles. The number of rotatable bonds is 4. The zero-order valence-corrected chi connectivity index (χ0v) is 15.3. The molecule has 2 heteroatoms. The number of fused-ring (bicyclic) bond motifs is 1. The molecule has 0 aromatic heterocycles. The van der Waals surface area contributed by atoms with Crippen LogP contribution in [0.2, 0.25) is 0 Å². The molecule has 22 heavy (non-hydrogen) atoms. The Balaban J connectivity index is 2.53. The van der Waals surface area contributed by atoms with Gasteiger partial charge in [-0.1, -0.05) is 40.2 Å². The lowest BCUT2D eigenvalue weighted by atomic mass is 9.41. The Kier molecular flexibility index (Phi) is 4.61. The first-order valence-corrected chi connectivity index (χ1v) is 9.00. The van der Waals surface area contributed by atoms with E-state index in [-0.39, 0.29) is 23.4 Å². The predicted molar refractivity (Wildman–Crippen MR) is 92.6 cm³/mol. The van der Waals surface area contributed by atoms with E-state index < -0.39 is 5.60 Å². The van der Waals surface area contributed by atoms with Crippen LogP contribution in [0.4, 0.5) is 0 Å². The fourth-order valence-electron chi connectivity index (χ4n) is 6.59. The smallest absolute Gasteiger partial charge is 0.0661 e. The van der Waals surface area contributed by atoms with Crippen molar-refractivity contribution in [3.05, 3.63) is 12.7 Å². The number of hydrogen-bond donors (Lipinski definition) is 2. The summed E-state index contributed by atoms with van der Waals surface area (Å²) in [4.78, 5) is 0. The van der Waals surface area contributed by atoms with Gasteiger partial charge >= 0.3 is 0 Å². The summed E-state index contributed by atoms with van der Waals surface area (Å²) in [6.45, 7) is 15.6. The predicted octanol–water partition coefficient (Wildman–Crippen LogP) is 4.55. The van der Waals surface area contributed by atoms with Crippen LogP contribution in [0.5, 0.6) is 0 Å². The van der Waals surface area contributed by atoms with E-state index in [9.17, 15) is 10.2 Å². The van der Waals surface area contributed by atoms with Gasteiger partial charge in [-0.2, -0.15) is 0 Å². The zero-order valence-electron chi connectivity index (χ0n) is 15.3. The van der Waals surface area contributed by atoms with E-state index in [1.165, 1.54) is 19.3 Å². The van der Waals surface area contributed by atoms with Crippen LogP contribution in [0.15, 0.2) is 12.7 Å². The maximum absolute atomic E-state index is 11.3. The largest absolute Gasteiger partial charge is 0.396 e. The van der Waals surface area contributed by atoms with Crippen LogP contribution in [0, 0.1) is 28.1 Å². The Morgan fingerprint density at radius 1 is 1.18 bits per heavy atom. The lowest BCUT2D eigenvalue weighted by Crippen LogP contribution is -2.62. The van der Waals surface area contributed by atoms with Crippen molar-refractivity contribution < 1.29 is 10.2 Å². The molecule has 0 unspecified atom stereocenters. The van der Waals surface area contributed by atoms with Gasteiger partial charge in [-0.25, -0.2) is 0 Å². The van der Waals surface area contributed by atoms with Crippen LogP contribution >= 0.6 is 0 Å². The van der Waals surface area contributed by atoms with E-state index in [0.717, 1.165) is 12.8 Å². The molecule has 0 spiro atoms. The summed E-state index contributed by atoms with van der Waals surface area (Å²) >= 11 is 0. The number of allylic oxidation sites excluding steroid dienone is 1. The average molecular weight is 309 g/mol. The Morgan fingerprint density at radius 3 is 2.36 bits per heavy atom.